The molecule has 66 heavy (non-hydrogen) atoms. The Kier molecular flexibility index (Phi) is 16.6. The molecule has 0 saturated heterocycles. The van der Waals surface area contributed by atoms with Gasteiger partial charge in [-0.05, 0) is 87.9 Å². The molecule has 0 saturated carbocycles. The highest BCUT2D eigenvalue weighted by Crippen LogP contribution is 2.51. The van der Waals surface area contributed by atoms with E-state index in [0.717, 1.165) is 0 Å². The quantitative estimate of drug-likeness (QED) is 0.0156. The van der Waals surface area contributed by atoms with Crippen molar-refractivity contribution in [3.8, 4) is 5.75 Å². The molecule has 15 nitrogen and oxygen atoms in total. The third kappa shape index (κ3) is 11.8. The standard InChI is InChI=1S/C44H50F4N2O13S3/c1-43(19-11-25-64(52,53)54)31-26-29(65(55,56)57)16-18-36(31)50(22-24-62-4)37(43)12-7-5-8-13-38-44(2,20-23-61-3)32-27-30(66(58,59)60)15-17-35(32)49(38)21-10-6-9-14-39(51)63-42-40(47)33(45)28-34(46)41(42)48/h5,7-8,12-13,15-18,26-28H,6,9-11,14,19-25H2,1-4H3,(H2-,52,53,54,55,56,57,58,59,60)/p-2. The van der Waals surface area contributed by atoms with Crippen LogP contribution >= 0.6 is 0 Å². The third-order valence-electron chi connectivity index (χ3n) is 11.7. The molecule has 2 atom stereocenters. The van der Waals surface area contributed by atoms with Crippen molar-refractivity contribution in [1.82, 2.24) is 0 Å². The van der Waals surface area contributed by atoms with Crippen LogP contribution in [0.5, 0.6) is 5.75 Å². The minimum absolute atomic E-state index is 0.0109. The molecule has 0 N–H and O–H groups in total. The zero-order valence-corrected chi connectivity index (χ0v) is 38.8. The van der Waals surface area contributed by atoms with Crippen LogP contribution in [0.1, 0.15) is 69.9 Å². The zero-order valence-electron chi connectivity index (χ0n) is 36.4. The number of esters is 1. The number of unbranched alkanes of at least 4 members (excludes halogenated alkanes) is 2. The molecular formula is C44H48F4N2O13S3-2. The molecule has 3 aromatic carbocycles. The van der Waals surface area contributed by atoms with Crippen molar-refractivity contribution in [2.24, 2.45) is 0 Å². The number of carbonyl (C=O) groups excluding carboxylic acids is 1. The Balaban J connectivity index is 1.47. The molecule has 2 unspecified atom stereocenters. The van der Waals surface area contributed by atoms with Crippen molar-refractivity contribution in [2.75, 3.05) is 51.2 Å². The van der Waals surface area contributed by atoms with Gasteiger partial charge in [0.2, 0.25) is 23.1 Å². The number of hydrogen-bond donors (Lipinski definition) is 0. The lowest BCUT2D eigenvalue weighted by Crippen LogP contribution is -2.32. The maximum absolute atomic E-state index is 14.1. The highest BCUT2D eigenvalue weighted by atomic mass is 32.2. The van der Waals surface area contributed by atoms with E-state index in [4.69, 9.17) is 9.47 Å². The molecule has 0 aliphatic carbocycles. The van der Waals surface area contributed by atoms with Crippen LogP contribution in [0.3, 0.4) is 0 Å². The van der Waals surface area contributed by atoms with Gasteiger partial charge in [0.05, 0.1) is 25.3 Å². The number of benzene rings is 3. The van der Waals surface area contributed by atoms with E-state index in [0.29, 0.717) is 53.2 Å². The van der Waals surface area contributed by atoms with Gasteiger partial charge in [0.25, 0.3) is 0 Å². The Morgan fingerprint density at radius 1 is 0.742 bits per heavy atom. The third-order valence-corrected chi connectivity index (χ3v) is 14.1. The number of nitrogens with zero attached hydrogens (tertiary/aromatic N) is 2. The first-order valence-corrected chi connectivity index (χ1v) is 24.9. The number of fused-ring (bicyclic) bond motifs is 2. The molecule has 0 amide bonds. The molecule has 0 aromatic heterocycles. The second kappa shape index (κ2) is 21.0. The molecule has 0 radical (unpaired) electrons. The molecule has 2 aliphatic heterocycles. The number of methoxy groups -OCH3 is 2. The Morgan fingerprint density at radius 3 is 1.97 bits per heavy atom. The second-order valence-corrected chi connectivity index (χ2v) is 20.4. The Bertz CT molecular complexity index is 2790. The Morgan fingerprint density at radius 2 is 1.36 bits per heavy atom. The summed E-state index contributed by atoms with van der Waals surface area (Å²) in [6, 6.07) is 7.94. The predicted molar refractivity (Wildman–Crippen MR) is 230 cm³/mol. The van der Waals surface area contributed by atoms with E-state index in [1.165, 1.54) is 50.6 Å². The van der Waals surface area contributed by atoms with Gasteiger partial charge in [-0.2, -0.15) is 13.4 Å². The lowest BCUT2D eigenvalue weighted by Gasteiger charge is -2.30. The van der Waals surface area contributed by atoms with Crippen LogP contribution < -0.4 is 9.64 Å². The van der Waals surface area contributed by atoms with E-state index in [-0.39, 0.29) is 58.1 Å². The van der Waals surface area contributed by atoms with Crippen molar-refractivity contribution in [1.29, 1.82) is 0 Å². The first-order valence-electron chi connectivity index (χ1n) is 20.5. The molecule has 0 bridgehead atoms. The average molecular weight is 985 g/mol. The SMILES string of the molecule is COCC[N+]1=C(/C=C/C=C/C=C2/N(CCCCCC(=O)Oc3c(F)c(F)cc(F)c3F)c3ccc(S(=O)(=O)[O-])cc3C2(C)CCOC)C(C)(CCCS(=O)(=O)[O-])c2cc(S(=O)(=O)[O-])ccc21. The molecular weight excluding hydrogens is 937 g/mol. The molecule has 0 fully saturated rings. The van der Waals surface area contributed by atoms with Gasteiger partial charge in [-0.1, -0.05) is 24.6 Å². The first-order chi connectivity index (χ1) is 30.9. The van der Waals surface area contributed by atoms with Gasteiger partial charge in [0.1, 0.15) is 26.8 Å². The first kappa shape index (κ1) is 52.2. The molecule has 2 heterocycles. The highest BCUT2D eigenvalue weighted by molar-refractivity contribution is 7.86. The average Bonchev–Trinajstić information content (AvgIpc) is 3.61. The monoisotopic (exact) mass is 984 g/mol. The fourth-order valence-corrected chi connectivity index (χ4v) is 9.84. The highest BCUT2D eigenvalue weighted by Gasteiger charge is 2.48. The number of hydrogen-bond acceptors (Lipinski definition) is 14. The normalized spacial score (nSPS) is 19.4. The van der Waals surface area contributed by atoms with Crippen LogP contribution in [0.25, 0.3) is 0 Å². The molecule has 0 spiro atoms. The van der Waals surface area contributed by atoms with Crippen LogP contribution in [-0.4, -0.2) is 101 Å². The summed E-state index contributed by atoms with van der Waals surface area (Å²) in [5.74, 6) is -10.5. The smallest absolute Gasteiger partial charge is 0.311 e. The minimum atomic E-state index is -4.88. The van der Waals surface area contributed by atoms with Crippen LogP contribution in [0.15, 0.2) is 88.3 Å². The van der Waals surface area contributed by atoms with Crippen molar-refractivity contribution in [2.45, 2.75) is 79.4 Å². The summed E-state index contributed by atoms with van der Waals surface area (Å²) in [4.78, 5) is 13.4. The molecule has 3 aromatic rings. The van der Waals surface area contributed by atoms with Gasteiger partial charge >= 0.3 is 5.97 Å². The van der Waals surface area contributed by atoms with Gasteiger partial charge in [-0.25, -0.2) is 34.0 Å². The van der Waals surface area contributed by atoms with Gasteiger partial charge < -0.3 is 32.8 Å². The summed E-state index contributed by atoms with van der Waals surface area (Å²) in [5.41, 5.74) is 1.31. The fourth-order valence-electron chi connectivity index (χ4n) is 8.35. The van der Waals surface area contributed by atoms with E-state index >= 15 is 0 Å². The van der Waals surface area contributed by atoms with Crippen molar-refractivity contribution in [3.63, 3.8) is 0 Å². The van der Waals surface area contributed by atoms with Crippen LogP contribution in [0.2, 0.25) is 0 Å². The van der Waals surface area contributed by atoms with Gasteiger partial charge in [-0.15, -0.1) is 0 Å². The fraction of sp³-hybridized carbons (Fsp3) is 0.409. The summed E-state index contributed by atoms with van der Waals surface area (Å²) < 4.78 is 180. The molecule has 22 heteroatoms. The molecule has 2 aliphatic rings. The molecule has 5 rings (SSSR count). The predicted octanol–water partition coefficient (Wildman–Crippen LogP) is 6.36. The van der Waals surface area contributed by atoms with Crippen LogP contribution in [0.4, 0.5) is 28.9 Å². The summed E-state index contributed by atoms with van der Waals surface area (Å²) in [6.07, 6.45) is 9.43. The van der Waals surface area contributed by atoms with E-state index < -0.39 is 91.7 Å². The number of carbonyl (C=O) groups is 1. The van der Waals surface area contributed by atoms with E-state index in [2.05, 4.69) is 4.74 Å². The summed E-state index contributed by atoms with van der Waals surface area (Å²) in [7, 11) is -11.4. The summed E-state index contributed by atoms with van der Waals surface area (Å²) in [5, 5.41) is 0. The van der Waals surface area contributed by atoms with Gasteiger partial charge in [0.15, 0.2) is 23.9 Å². The van der Waals surface area contributed by atoms with E-state index in [1.807, 2.05) is 16.4 Å². The summed E-state index contributed by atoms with van der Waals surface area (Å²) in [6.45, 7) is 4.60. The number of anilines is 1. The minimum Gasteiger partial charge on any atom is -0.748 e. The van der Waals surface area contributed by atoms with E-state index in [1.54, 1.807) is 37.3 Å². The Labute approximate surface area is 381 Å². The topological polar surface area (TPSA) is 223 Å². The van der Waals surface area contributed by atoms with Gasteiger partial charge in [-0.3, -0.25) is 4.79 Å². The zero-order chi connectivity index (χ0) is 48.8. The maximum atomic E-state index is 14.1. The number of rotatable bonds is 22. The van der Waals surface area contributed by atoms with Crippen LogP contribution in [-0.2, 0) is 55.5 Å². The largest absolute Gasteiger partial charge is 0.748 e. The lowest BCUT2D eigenvalue weighted by molar-refractivity contribution is -0.441. The van der Waals surface area contributed by atoms with Crippen molar-refractivity contribution >= 4 is 53.4 Å². The lowest BCUT2D eigenvalue weighted by atomic mass is 9.76. The molecule has 360 valence electrons. The maximum Gasteiger partial charge on any atom is 0.311 e. The van der Waals surface area contributed by atoms with E-state index in [9.17, 15) is 61.3 Å². The van der Waals surface area contributed by atoms with Crippen LogP contribution in [0, 0.1) is 23.3 Å². The number of halogens is 4. The second-order valence-electron chi connectivity index (χ2n) is 16.1. The Hall–Kier alpha value is -4.81. The van der Waals surface area contributed by atoms with Crippen molar-refractivity contribution < 1.29 is 80.1 Å². The van der Waals surface area contributed by atoms with Gasteiger partial charge in [0, 0.05) is 80.1 Å². The summed E-state index contributed by atoms with van der Waals surface area (Å²) >= 11 is 0. The van der Waals surface area contributed by atoms with Crippen molar-refractivity contribution in [3.05, 3.63) is 113 Å². The number of allylic oxidation sites excluding steroid dienone is 6. The number of ether oxygens (including phenoxy) is 3.